The van der Waals surface area contributed by atoms with Crippen molar-refractivity contribution in [3.8, 4) is 11.1 Å². The van der Waals surface area contributed by atoms with Gasteiger partial charge in [0.25, 0.3) is 11.7 Å². The van der Waals surface area contributed by atoms with Crippen LogP contribution in [0, 0.1) is 20.2 Å². The second-order valence-corrected chi connectivity index (χ2v) is 4.27. The summed E-state index contributed by atoms with van der Waals surface area (Å²) in [6.45, 7) is 0. The molecule has 0 aromatic heterocycles. The first kappa shape index (κ1) is 11.3. The Morgan fingerprint density at radius 1 is 0.895 bits per heavy atom. The molecule has 94 valence electrons. The lowest BCUT2D eigenvalue weighted by Crippen LogP contribution is -2.10. The number of nitrogens with zero attached hydrogens (tertiary/aromatic N) is 2. The van der Waals surface area contributed by atoms with Gasteiger partial charge in [-0.25, -0.2) is 0 Å². The second kappa shape index (κ2) is 3.88. The summed E-state index contributed by atoms with van der Waals surface area (Å²) >= 11 is 0. The molecule has 0 amide bonds. The zero-order valence-electron chi connectivity index (χ0n) is 9.65. The molecular formula is C13H8N2O4. The molecule has 1 unspecified atom stereocenters. The predicted molar refractivity (Wildman–Crippen MR) is 67.4 cm³/mol. The van der Waals surface area contributed by atoms with Crippen LogP contribution in [0.25, 0.3) is 11.1 Å². The lowest BCUT2D eigenvalue weighted by Gasteiger charge is -2.05. The van der Waals surface area contributed by atoms with Gasteiger partial charge in [0.05, 0.1) is 4.92 Å². The first-order valence-corrected chi connectivity index (χ1v) is 5.61. The van der Waals surface area contributed by atoms with Gasteiger partial charge in [-0.3, -0.25) is 20.2 Å². The van der Waals surface area contributed by atoms with Crippen LogP contribution < -0.4 is 0 Å². The van der Waals surface area contributed by atoms with E-state index in [-0.39, 0.29) is 11.3 Å². The maximum atomic E-state index is 11.3. The van der Waals surface area contributed by atoms with Crippen LogP contribution in [0.1, 0.15) is 17.2 Å². The van der Waals surface area contributed by atoms with E-state index in [4.69, 9.17) is 0 Å². The monoisotopic (exact) mass is 256 g/mol. The van der Waals surface area contributed by atoms with Gasteiger partial charge < -0.3 is 0 Å². The highest BCUT2D eigenvalue weighted by Crippen LogP contribution is 2.48. The van der Waals surface area contributed by atoms with E-state index in [1.165, 1.54) is 6.07 Å². The number of rotatable bonds is 2. The molecule has 1 aliphatic carbocycles. The summed E-state index contributed by atoms with van der Waals surface area (Å²) in [5.74, 6) is 0. The lowest BCUT2D eigenvalue weighted by molar-refractivity contribution is -0.518. The van der Waals surface area contributed by atoms with Crippen molar-refractivity contribution in [2.45, 2.75) is 6.04 Å². The van der Waals surface area contributed by atoms with Crippen molar-refractivity contribution < 1.29 is 9.85 Å². The molecule has 1 atom stereocenters. The molecule has 6 nitrogen and oxygen atoms in total. The van der Waals surface area contributed by atoms with Crippen molar-refractivity contribution in [1.29, 1.82) is 0 Å². The summed E-state index contributed by atoms with van der Waals surface area (Å²) in [4.78, 5) is 21.3. The van der Waals surface area contributed by atoms with E-state index < -0.39 is 15.9 Å². The second-order valence-electron chi connectivity index (χ2n) is 4.27. The molecular weight excluding hydrogens is 248 g/mol. The Morgan fingerprint density at radius 2 is 1.58 bits per heavy atom. The number of fused-ring (bicyclic) bond motifs is 3. The fourth-order valence-electron chi connectivity index (χ4n) is 2.59. The normalized spacial score (nSPS) is 15.7. The van der Waals surface area contributed by atoms with Crippen LogP contribution in [-0.2, 0) is 0 Å². The van der Waals surface area contributed by atoms with Crippen molar-refractivity contribution in [1.82, 2.24) is 0 Å². The van der Waals surface area contributed by atoms with Crippen LogP contribution in [-0.4, -0.2) is 9.85 Å². The molecule has 0 spiro atoms. The lowest BCUT2D eigenvalue weighted by atomic mass is 10.0. The molecule has 0 saturated heterocycles. The summed E-state index contributed by atoms with van der Waals surface area (Å²) < 4.78 is 0. The molecule has 0 saturated carbocycles. The van der Waals surface area contributed by atoms with Crippen molar-refractivity contribution in [3.63, 3.8) is 0 Å². The van der Waals surface area contributed by atoms with Gasteiger partial charge in [-0.05, 0) is 11.1 Å². The van der Waals surface area contributed by atoms with E-state index in [1.54, 1.807) is 36.4 Å². The van der Waals surface area contributed by atoms with Gasteiger partial charge in [0.2, 0.25) is 0 Å². The van der Waals surface area contributed by atoms with Crippen molar-refractivity contribution >= 4 is 5.69 Å². The number of benzene rings is 2. The summed E-state index contributed by atoms with van der Waals surface area (Å²) in [6, 6.07) is 10.2. The number of nitro groups is 2. The van der Waals surface area contributed by atoms with E-state index in [9.17, 15) is 20.2 Å². The first-order chi connectivity index (χ1) is 9.11. The molecule has 0 radical (unpaired) electrons. The fraction of sp³-hybridized carbons (Fsp3) is 0.0769. The fourth-order valence-corrected chi connectivity index (χ4v) is 2.59. The quantitative estimate of drug-likeness (QED) is 0.610. The van der Waals surface area contributed by atoms with Gasteiger partial charge >= 0.3 is 0 Å². The third-order valence-corrected chi connectivity index (χ3v) is 3.31. The topological polar surface area (TPSA) is 86.3 Å². The SMILES string of the molecule is O=[N+]([O-])c1cccc2c1C([N+](=O)[O-])c1ccccc1-2. The van der Waals surface area contributed by atoms with Crippen molar-refractivity contribution in [2.24, 2.45) is 0 Å². The molecule has 0 fully saturated rings. The summed E-state index contributed by atoms with van der Waals surface area (Å²) in [6.07, 6.45) is 0. The van der Waals surface area contributed by atoms with Gasteiger partial charge in [-0.2, -0.15) is 0 Å². The minimum Gasteiger partial charge on any atom is -0.264 e. The number of nitro benzene ring substituents is 1. The van der Waals surface area contributed by atoms with E-state index in [0.717, 1.165) is 0 Å². The van der Waals surface area contributed by atoms with E-state index in [2.05, 4.69) is 0 Å². The van der Waals surface area contributed by atoms with Gasteiger partial charge in [0, 0.05) is 16.6 Å². The average molecular weight is 256 g/mol. The highest BCUT2D eigenvalue weighted by atomic mass is 16.6. The largest absolute Gasteiger partial charge is 0.280 e. The summed E-state index contributed by atoms with van der Waals surface area (Å²) in [5.41, 5.74) is 1.76. The van der Waals surface area contributed by atoms with E-state index >= 15 is 0 Å². The van der Waals surface area contributed by atoms with Crippen LogP contribution >= 0.6 is 0 Å². The van der Waals surface area contributed by atoms with Crippen LogP contribution in [0.15, 0.2) is 42.5 Å². The Hall–Kier alpha value is -2.76. The molecule has 0 bridgehead atoms. The number of hydrogen-bond donors (Lipinski definition) is 0. The Balaban J connectivity index is 2.38. The highest BCUT2D eigenvalue weighted by molar-refractivity contribution is 5.81. The first-order valence-electron chi connectivity index (χ1n) is 5.61. The van der Waals surface area contributed by atoms with Crippen LogP contribution in [0.5, 0.6) is 0 Å². The third kappa shape index (κ3) is 1.50. The van der Waals surface area contributed by atoms with Crippen LogP contribution in [0.3, 0.4) is 0 Å². The molecule has 1 aliphatic rings. The molecule has 3 rings (SSSR count). The standard InChI is InChI=1S/C13H8N2O4/c16-14(17)11-7-3-6-9-8-4-1-2-5-10(8)13(12(9)11)15(18)19/h1-7,13H. The average Bonchev–Trinajstić information content (AvgIpc) is 2.72. The molecule has 0 heterocycles. The Kier molecular flexibility index (Phi) is 2.31. The Labute approximate surface area is 107 Å². The molecule has 19 heavy (non-hydrogen) atoms. The molecule has 6 heteroatoms. The minimum absolute atomic E-state index is 0.179. The highest BCUT2D eigenvalue weighted by Gasteiger charge is 2.42. The Morgan fingerprint density at radius 3 is 2.26 bits per heavy atom. The van der Waals surface area contributed by atoms with Gasteiger partial charge in [0.1, 0.15) is 5.56 Å². The molecule has 0 aliphatic heterocycles. The molecule has 2 aromatic rings. The smallest absolute Gasteiger partial charge is 0.264 e. The maximum Gasteiger partial charge on any atom is 0.280 e. The Bertz CT molecular complexity index is 712. The predicted octanol–water partition coefficient (Wildman–Crippen LogP) is 2.94. The van der Waals surface area contributed by atoms with Gasteiger partial charge in [-0.1, -0.05) is 36.4 Å². The van der Waals surface area contributed by atoms with Crippen molar-refractivity contribution in [2.75, 3.05) is 0 Å². The van der Waals surface area contributed by atoms with E-state index in [1.807, 2.05) is 0 Å². The third-order valence-electron chi connectivity index (χ3n) is 3.31. The van der Waals surface area contributed by atoms with Crippen LogP contribution in [0.4, 0.5) is 5.69 Å². The minimum atomic E-state index is -1.16. The van der Waals surface area contributed by atoms with Crippen LogP contribution in [0.2, 0.25) is 0 Å². The zero-order chi connectivity index (χ0) is 13.6. The summed E-state index contributed by atoms with van der Waals surface area (Å²) in [5, 5.41) is 22.3. The van der Waals surface area contributed by atoms with Crippen molar-refractivity contribution in [3.05, 3.63) is 73.8 Å². The summed E-state index contributed by atoms with van der Waals surface area (Å²) in [7, 11) is 0. The molecule has 0 N–H and O–H groups in total. The molecule has 2 aromatic carbocycles. The van der Waals surface area contributed by atoms with E-state index in [0.29, 0.717) is 16.7 Å². The van der Waals surface area contributed by atoms with Gasteiger partial charge in [-0.15, -0.1) is 0 Å². The van der Waals surface area contributed by atoms with Gasteiger partial charge in [0.15, 0.2) is 0 Å². The number of hydrogen-bond acceptors (Lipinski definition) is 4. The maximum absolute atomic E-state index is 11.3. The zero-order valence-corrected chi connectivity index (χ0v) is 9.65.